The normalized spacial score (nSPS) is 11.2. The minimum atomic E-state index is -0.169. The first kappa shape index (κ1) is 16.3. The Bertz CT molecular complexity index is 1180. The van der Waals surface area contributed by atoms with E-state index >= 15 is 0 Å². The van der Waals surface area contributed by atoms with Gasteiger partial charge in [0.1, 0.15) is 5.52 Å². The molecule has 4 rings (SSSR count). The topological polar surface area (TPSA) is 52.7 Å². The van der Waals surface area contributed by atoms with Gasteiger partial charge in [-0.3, -0.25) is 4.79 Å². The first-order valence-electron chi connectivity index (χ1n) is 8.58. The first-order valence-corrected chi connectivity index (χ1v) is 8.58. The van der Waals surface area contributed by atoms with E-state index in [2.05, 4.69) is 10.2 Å². The van der Waals surface area contributed by atoms with Crippen LogP contribution in [0.2, 0.25) is 0 Å². The number of fused-ring (bicyclic) bond motifs is 1. The molecule has 0 unspecified atom stereocenters. The van der Waals surface area contributed by atoms with Crippen LogP contribution < -0.4 is 5.56 Å². The van der Waals surface area contributed by atoms with Crippen molar-refractivity contribution in [2.45, 2.75) is 27.7 Å². The van der Waals surface area contributed by atoms with Crippen LogP contribution >= 0.6 is 0 Å². The van der Waals surface area contributed by atoms with Crippen LogP contribution in [0.25, 0.3) is 22.3 Å². The molecule has 0 saturated carbocycles. The Labute approximate surface area is 151 Å². The van der Waals surface area contributed by atoms with Gasteiger partial charge in [0.25, 0.3) is 5.56 Å². The standard InChI is InChI=1S/C21H20N4O/c1-13-8-10-17(11-9-13)24-20-18(12-22-24)16(4)23-25(21(20)26)19-7-5-6-14(2)15(19)3/h5-12H,1-4H3. The van der Waals surface area contributed by atoms with Gasteiger partial charge in [0.15, 0.2) is 0 Å². The van der Waals surface area contributed by atoms with Crippen LogP contribution in [-0.2, 0) is 0 Å². The minimum Gasteiger partial charge on any atom is -0.265 e. The van der Waals surface area contributed by atoms with Gasteiger partial charge in [-0.15, -0.1) is 0 Å². The molecule has 0 amide bonds. The van der Waals surface area contributed by atoms with Crippen molar-refractivity contribution in [2.24, 2.45) is 0 Å². The highest BCUT2D eigenvalue weighted by Crippen LogP contribution is 2.20. The number of nitrogens with zero attached hydrogens (tertiary/aromatic N) is 4. The zero-order chi connectivity index (χ0) is 18.4. The molecule has 0 aliphatic carbocycles. The molecule has 0 bridgehead atoms. The maximum absolute atomic E-state index is 13.3. The summed E-state index contributed by atoms with van der Waals surface area (Å²) >= 11 is 0. The summed E-state index contributed by atoms with van der Waals surface area (Å²) in [6.07, 6.45) is 1.71. The summed E-state index contributed by atoms with van der Waals surface area (Å²) in [6, 6.07) is 13.9. The van der Waals surface area contributed by atoms with Crippen molar-refractivity contribution in [3.63, 3.8) is 0 Å². The number of hydrogen-bond donors (Lipinski definition) is 0. The van der Waals surface area contributed by atoms with E-state index in [1.54, 1.807) is 10.9 Å². The lowest BCUT2D eigenvalue weighted by Gasteiger charge is -2.12. The molecule has 5 heteroatoms. The second-order valence-electron chi connectivity index (χ2n) is 6.68. The van der Waals surface area contributed by atoms with Crippen molar-refractivity contribution in [3.05, 3.63) is 81.4 Å². The Balaban J connectivity index is 2.05. The molecule has 4 aromatic rings. The molecule has 0 saturated heterocycles. The van der Waals surface area contributed by atoms with Gasteiger partial charge >= 0.3 is 0 Å². The average Bonchev–Trinajstić information content (AvgIpc) is 3.07. The fourth-order valence-corrected chi connectivity index (χ4v) is 3.18. The molecular weight excluding hydrogens is 324 g/mol. The van der Waals surface area contributed by atoms with Gasteiger partial charge in [-0.25, -0.2) is 4.68 Å². The lowest BCUT2D eigenvalue weighted by Crippen LogP contribution is -2.24. The van der Waals surface area contributed by atoms with E-state index in [-0.39, 0.29) is 5.56 Å². The molecule has 0 spiro atoms. The van der Waals surface area contributed by atoms with Gasteiger partial charge in [0.2, 0.25) is 0 Å². The van der Waals surface area contributed by atoms with E-state index in [1.807, 2.05) is 70.2 Å². The number of aryl methyl sites for hydroxylation is 3. The van der Waals surface area contributed by atoms with Crippen LogP contribution in [0.1, 0.15) is 22.4 Å². The molecule has 0 aliphatic rings. The number of hydrogen-bond acceptors (Lipinski definition) is 3. The van der Waals surface area contributed by atoms with Gasteiger partial charge in [0.05, 0.1) is 23.3 Å². The molecule has 0 N–H and O–H groups in total. The second-order valence-corrected chi connectivity index (χ2v) is 6.68. The van der Waals surface area contributed by atoms with Crippen molar-refractivity contribution >= 4 is 10.9 Å². The lowest BCUT2D eigenvalue weighted by molar-refractivity contribution is 0.785. The lowest BCUT2D eigenvalue weighted by atomic mass is 10.1. The Kier molecular flexibility index (Phi) is 3.72. The van der Waals surface area contributed by atoms with Crippen LogP contribution in [0.3, 0.4) is 0 Å². The summed E-state index contributed by atoms with van der Waals surface area (Å²) < 4.78 is 3.19. The van der Waals surface area contributed by atoms with Crippen molar-refractivity contribution in [1.82, 2.24) is 19.6 Å². The Hall–Kier alpha value is -3.21. The predicted molar refractivity (Wildman–Crippen MR) is 103 cm³/mol. The molecule has 0 atom stereocenters. The fraction of sp³-hybridized carbons (Fsp3) is 0.190. The summed E-state index contributed by atoms with van der Waals surface area (Å²) in [7, 11) is 0. The van der Waals surface area contributed by atoms with E-state index in [0.717, 1.165) is 39.1 Å². The summed E-state index contributed by atoms with van der Waals surface area (Å²) in [5.41, 5.74) is 6.15. The van der Waals surface area contributed by atoms with Gasteiger partial charge in [-0.1, -0.05) is 29.8 Å². The average molecular weight is 344 g/mol. The van der Waals surface area contributed by atoms with Crippen LogP contribution in [-0.4, -0.2) is 19.6 Å². The third-order valence-electron chi connectivity index (χ3n) is 4.89. The molecule has 5 nitrogen and oxygen atoms in total. The van der Waals surface area contributed by atoms with Crippen LogP contribution in [0.15, 0.2) is 53.5 Å². The van der Waals surface area contributed by atoms with E-state index in [9.17, 15) is 4.79 Å². The molecule has 0 fully saturated rings. The van der Waals surface area contributed by atoms with Crippen LogP contribution in [0.5, 0.6) is 0 Å². The summed E-state index contributed by atoms with van der Waals surface area (Å²) in [6.45, 7) is 7.98. The maximum Gasteiger partial charge on any atom is 0.298 e. The van der Waals surface area contributed by atoms with E-state index < -0.39 is 0 Å². The van der Waals surface area contributed by atoms with Crippen molar-refractivity contribution in [3.8, 4) is 11.4 Å². The molecule has 2 aromatic heterocycles. The summed E-state index contributed by atoms with van der Waals surface area (Å²) in [5.74, 6) is 0. The quantitative estimate of drug-likeness (QED) is 0.556. The van der Waals surface area contributed by atoms with Gasteiger partial charge in [-0.2, -0.15) is 14.9 Å². The number of aromatic nitrogens is 4. The van der Waals surface area contributed by atoms with Gasteiger partial charge < -0.3 is 0 Å². The Morgan fingerprint density at radius 1 is 0.885 bits per heavy atom. The molecule has 130 valence electrons. The zero-order valence-corrected chi connectivity index (χ0v) is 15.3. The smallest absolute Gasteiger partial charge is 0.265 e. The van der Waals surface area contributed by atoms with Gasteiger partial charge in [0, 0.05) is 5.39 Å². The maximum atomic E-state index is 13.3. The monoisotopic (exact) mass is 344 g/mol. The highest BCUT2D eigenvalue weighted by Gasteiger charge is 2.17. The van der Waals surface area contributed by atoms with Gasteiger partial charge in [-0.05, 0) is 57.0 Å². The molecule has 2 aromatic carbocycles. The predicted octanol–water partition coefficient (Wildman–Crippen LogP) is 3.81. The van der Waals surface area contributed by atoms with Crippen LogP contribution in [0.4, 0.5) is 0 Å². The van der Waals surface area contributed by atoms with Crippen molar-refractivity contribution < 1.29 is 0 Å². The van der Waals surface area contributed by atoms with Crippen LogP contribution in [0, 0.1) is 27.7 Å². The summed E-state index contributed by atoms with van der Waals surface area (Å²) in [4.78, 5) is 13.3. The van der Waals surface area contributed by atoms with Crippen molar-refractivity contribution in [1.29, 1.82) is 0 Å². The third kappa shape index (κ3) is 2.44. The number of benzene rings is 2. The fourth-order valence-electron chi connectivity index (χ4n) is 3.18. The highest BCUT2D eigenvalue weighted by atomic mass is 16.1. The molecule has 0 aliphatic heterocycles. The second kappa shape index (κ2) is 5.95. The third-order valence-corrected chi connectivity index (χ3v) is 4.89. The summed E-state index contributed by atoms with van der Waals surface area (Å²) in [5, 5.41) is 9.78. The largest absolute Gasteiger partial charge is 0.298 e. The van der Waals surface area contributed by atoms with E-state index in [1.165, 1.54) is 4.68 Å². The van der Waals surface area contributed by atoms with E-state index in [4.69, 9.17) is 0 Å². The highest BCUT2D eigenvalue weighted by molar-refractivity contribution is 5.81. The Morgan fingerprint density at radius 3 is 2.35 bits per heavy atom. The molecule has 0 radical (unpaired) electrons. The molecule has 2 heterocycles. The minimum absolute atomic E-state index is 0.169. The van der Waals surface area contributed by atoms with E-state index in [0.29, 0.717) is 5.52 Å². The molecule has 26 heavy (non-hydrogen) atoms. The van der Waals surface area contributed by atoms with Crippen molar-refractivity contribution in [2.75, 3.05) is 0 Å². The molecular formula is C21H20N4O. The Morgan fingerprint density at radius 2 is 1.62 bits per heavy atom. The SMILES string of the molecule is Cc1ccc(-n2ncc3c(C)nn(-c4cccc(C)c4C)c(=O)c32)cc1. The number of rotatable bonds is 2. The zero-order valence-electron chi connectivity index (χ0n) is 15.3. The first-order chi connectivity index (χ1) is 12.5.